The molecule has 2 heterocycles. The normalized spacial score (nSPS) is 19.3. The van der Waals surface area contributed by atoms with E-state index in [9.17, 15) is 4.39 Å². The van der Waals surface area contributed by atoms with Crippen LogP contribution in [0.2, 0.25) is 0 Å². The minimum atomic E-state index is -0.565. The topological polar surface area (TPSA) is 59.2 Å². The van der Waals surface area contributed by atoms with Crippen LogP contribution in [0.4, 0.5) is 4.39 Å². The lowest BCUT2D eigenvalue weighted by Gasteiger charge is -1.99. The van der Waals surface area contributed by atoms with Crippen LogP contribution in [-0.2, 0) is 0 Å². The van der Waals surface area contributed by atoms with Crippen LogP contribution in [0, 0.1) is 5.82 Å². The lowest BCUT2D eigenvalue weighted by atomic mass is 10.2. The molecule has 1 aliphatic heterocycles. The van der Waals surface area contributed by atoms with Gasteiger partial charge in [0, 0.05) is 6.07 Å². The summed E-state index contributed by atoms with van der Waals surface area (Å²) in [6, 6.07) is 3.86. The summed E-state index contributed by atoms with van der Waals surface area (Å²) in [7, 11) is 0. The molecule has 1 aromatic heterocycles. The molecular formula is C12H11FN2O2S. The average Bonchev–Trinajstić information content (AvgIpc) is 2.99. The number of benzene rings is 1. The van der Waals surface area contributed by atoms with E-state index in [4.69, 9.17) is 9.63 Å². The van der Waals surface area contributed by atoms with E-state index in [1.54, 1.807) is 11.8 Å². The zero-order valence-corrected chi connectivity index (χ0v) is 10.3. The summed E-state index contributed by atoms with van der Waals surface area (Å²) in [6.45, 7) is 0. The van der Waals surface area contributed by atoms with Crippen LogP contribution in [0.5, 0.6) is 5.75 Å². The Kier molecular flexibility index (Phi) is 2.95. The van der Waals surface area contributed by atoms with Crippen molar-refractivity contribution in [1.82, 2.24) is 10.1 Å². The number of thioether (sulfide) groups is 1. The van der Waals surface area contributed by atoms with Crippen molar-refractivity contribution in [3.05, 3.63) is 29.8 Å². The molecule has 1 aliphatic rings. The van der Waals surface area contributed by atoms with E-state index < -0.39 is 5.82 Å². The van der Waals surface area contributed by atoms with Crippen molar-refractivity contribution in [2.75, 3.05) is 5.75 Å². The Morgan fingerprint density at radius 3 is 3.06 bits per heavy atom. The van der Waals surface area contributed by atoms with Gasteiger partial charge in [-0.15, -0.1) is 0 Å². The van der Waals surface area contributed by atoms with Gasteiger partial charge in [-0.05, 0) is 30.7 Å². The Morgan fingerprint density at radius 1 is 1.44 bits per heavy atom. The second-order valence-corrected chi connectivity index (χ2v) is 5.43. The maximum atomic E-state index is 13.6. The fraction of sp³-hybridized carbons (Fsp3) is 0.333. The van der Waals surface area contributed by atoms with Gasteiger partial charge in [0.2, 0.25) is 0 Å². The van der Waals surface area contributed by atoms with E-state index in [0.29, 0.717) is 5.82 Å². The van der Waals surface area contributed by atoms with Gasteiger partial charge in [-0.2, -0.15) is 16.7 Å². The van der Waals surface area contributed by atoms with E-state index in [2.05, 4.69) is 10.1 Å². The van der Waals surface area contributed by atoms with Gasteiger partial charge in [-0.25, -0.2) is 4.39 Å². The van der Waals surface area contributed by atoms with Crippen LogP contribution < -0.4 is 0 Å². The molecule has 18 heavy (non-hydrogen) atoms. The predicted octanol–water partition coefficient (Wildman–Crippen LogP) is 3.15. The molecule has 1 atom stereocenters. The number of phenolic OH excluding ortho intramolecular Hbond substituents is 1. The van der Waals surface area contributed by atoms with Crippen LogP contribution in [-0.4, -0.2) is 21.0 Å². The Balaban J connectivity index is 1.92. The number of phenols is 1. The highest BCUT2D eigenvalue weighted by atomic mass is 32.2. The number of nitrogens with zero attached hydrogens (tertiary/aromatic N) is 2. The van der Waals surface area contributed by atoms with Crippen LogP contribution in [0.1, 0.15) is 23.9 Å². The second-order valence-electron chi connectivity index (χ2n) is 4.12. The van der Waals surface area contributed by atoms with Crippen molar-refractivity contribution in [3.8, 4) is 17.2 Å². The van der Waals surface area contributed by atoms with Crippen molar-refractivity contribution in [3.63, 3.8) is 0 Å². The quantitative estimate of drug-likeness (QED) is 0.904. The van der Waals surface area contributed by atoms with Gasteiger partial charge in [0.05, 0.1) is 10.8 Å². The highest BCUT2D eigenvalue weighted by molar-refractivity contribution is 7.99. The lowest BCUT2D eigenvalue weighted by molar-refractivity contribution is 0.418. The number of hydrogen-bond acceptors (Lipinski definition) is 5. The van der Waals surface area contributed by atoms with E-state index in [0.717, 1.165) is 24.7 Å². The molecule has 94 valence electrons. The summed E-state index contributed by atoms with van der Waals surface area (Å²) >= 11 is 1.79. The highest BCUT2D eigenvalue weighted by Crippen LogP contribution is 2.39. The summed E-state index contributed by atoms with van der Waals surface area (Å²) in [5, 5.41) is 13.3. The van der Waals surface area contributed by atoms with Crippen LogP contribution >= 0.6 is 11.8 Å². The number of halogens is 1. The molecule has 0 spiro atoms. The van der Waals surface area contributed by atoms with E-state index in [1.807, 2.05) is 0 Å². The zero-order chi connectivity index (χ0) is 12.5. The Hall–Kier alpha value is -1.56. The van der Waals surface area contributed by atoms with Gasteiger partial charge in [0.1, 0.15) is 11.6 Å². The second kappa shape index (κ2) is 4.61. The van der Waals surface area contributed by atoms with Crippen molar-refractivity contribution in [1.29, 1.82) is 0 Å². The SMILES string of the molecule is Oc1ccc(-c2nc(C3CCCS3)no2)c(F)c1. The third-order valence-corrected chi connectivity index (χ3v) is 4.22. The van der Waals surface area contributed by atoms with Gasteiger partial charge in [0.15, 0.2) is 5.82 Å². The van der Waals surface area contributed by atoms with Crippen LogP contribution in [0.3, 0.4) is 0 Å². The minimum absolute atomic E-state index is 0.123. The maximum absolute atomic E-state index is 13.6. The molecule has 4 nitrogen and oxygen atoms in total. The van der Waals surface area contributed by atoms with E-state index in [1.165, 1.54) is 12.1 Å². The molecule has 0 bridgehead atoms. The lowest BCUT2D eigenvalue weighted by Crippen LogP contribution is -1.91. The van der Waals surface area contributed by atoms with Crippen molar-refractivity contribution >= 4 is 11.8 Å². The third-order valence-electron chi connectivity index (χ3n) is 2.84. The Labute approximate surface area is 107 Å². The molecule has 1 saturated heterocycles. The fourth-order valence-corrected chi connectivity index (χ4v) is 3.13. The number of hydrogen-bond donors (Lipinski definition) is 1. The molecule has 0 aliphatic carbocycles. The fourth-order valence-electron chi connectivity index (χ4n) is 1.93. The van der Waals surface area contributed by atoms with Crippen molar-refractivity contribution < 1.29 is 14.0 Å². The summed E-state index contributed by atoms with van der Waals surface area (Å²) in [6.07, 6.45) is 2.18. The van der Waals surface area contributed by atoms with E-state index >= 15 is 0 Å². The highest BCUT2D eigenvalue weighted by Gasteiger charge is 2.24. The summed E-state index contributed by atoms with van der Waals surface area (Å²) in [5.74, 6) is 1.20. The Bertz CT molecular complexity index is 567. The first kappa shape index (κ1) is 11.5. The summed E-state index contributed by atoms with van der Waals surface area (Å²) in [5.41, 5.74) is 0.217. The zero-order valence-electron chi connectivity index (χ0n) is 9.47. The third kappa shape index (κ3) is 2.08. The van der Waals surface area contributed by atoms with Gasteiger partial charge in [-0.1, -0.05) is 5.16 Å². The molecule has 3 rings (SSSR count). The summed E-state index contributed by atoms with van der Waals surface area (Å²) in [4.78, 5) is 4.23. The van der Waals surface area contributed by atoms with Crippen LogP contribution in [0.25, 0.3) is 11.5 Å². The first-order valence-corrected chi connectivity index (χ1v) is 6.73. The monoisotopic (exact) mass is 266 g/mol. The molecule has 0 radical (unpaired) electrons. The number of aromatic nitrogens is 2. The standard InChI is InChI=1S/C12H11FN2O2S/c13-9-6-7(16)3-4-8(9)12-14-11(15-17-12)10-2-1-5-18-10/h3-4,6,10,16H,1-2,5H2. The molecule has 1 aromatic carbocycles. The van der Waals surface area contributed by atoms with Crippen molar-refractivity contribution in [2.24, 2.45) is 0 Å². The minimum Gasteiger partial charge on any atom is -0.508 e. The van der Waals surface area contributed by atoms with Gasteiger partial charge >= 0.3 is 0 Å². The van der Waals surface area contributed by atoms with Gasteiger partial charge in [0.25, 0.3) is 5.89 Å². The molecule has 1 N–H and O–H groups in total. The largest absolute Gasteiger partial charge is 0.508 e. The number of aromatic hydroxyl groups is 1. The number of rotatable bonds is 2. The maximum Gasteiger partial charge on any atom is 0.260 e. The van der Waals surface area contributed by atoms with Gasteiger partial charge < -0.3 is 9.63 Å². The molecule has 1 unspecified atom stereocenters. The summed E-state index contributed by atoms with van der Waals surface area (Å²) < 4.78 is 18.7. The molecular weight excluding hydrogens is 255 g/mol. The van der Waals surface area contributed by atoms with Gasteiger partial charge in [-0.3, -0.25) is 0 Å². The smallest absolute Gasteiger partial charge is 0.260 e. The molecule has 6 heteroatoms. The molecule has 1 fully saturated rings. The van der Waals surface area contributed by atoms with Crippen LogP contribution in [0.15, 0.2) is 22.7 Å². The van der Waals surface area contributed by atoms with E-state index in [-0.39, 0.29) is 22.5 Å². The first-order valence-electron chi connectivity index (χ1n) is 5.68. The molecule has 2 aromatic rings. The molecule has 0 amide bonds. The average molecular weight is 266 g/mol. The predicted molar refractivity (Wildman–Crippen MR) is 65.8 cm³/mol. The first-order chi connectivity index (χ1) is 8.74. The molecule has 0 saturated carbocycles. The van der Waals surface area contributed by atoms with Crippen molar-refractivity contribution in [2.45, 2.75) is 18.1 Å². The Morgan fingerprint density at radius 2 is 2.33 bits per heavy atom.